The molecular formula is C17H32IN5O. The zero-order valence-electron chi connectivity index (χ0n) is 15.4. The van der Waals surface area contributed by atoms with Gasteiger partial charge in [0, 0.05) is 52.4 Å². The molecule has 138 valence electrons. The molecule has 0 radical (unpaired) electrons. The fourth-order valence-corrected chi connectivity index (χ4v) is 2.87. The van der Waals surface area contributed by atoms with Gasteiger partial charge in [0.15, 0.2) is 5.96 Å². The van der Waals surface area contributed by atoms with E-state index in [4.69, 9.17) is 0 Å². The molecule has 2 heterocycles. The summed E-state index contributed by atoms with van der Waals surface area (Å²) in [6.45, 7) is 8.62. The summed E-state index contributed by atoms with van der Waals surface area (Å²) in [6.07, 6.45) is 6.67. The first-order chi connectivity index (χ1) is 11.0. The molecule has 24 heavy (non-hydrogen) atoms. The molecule has 0 aromatic rings. The van der Waals surface area contributed by atoms with Crippen molar-refractivity contribution in [3.8, 4) is 0 Å². The monoisotopic (exact) mass is 449 g/mol. The van der Waals surface area contributed by atoms with Crippen molar-refractivity contribution in [1.29, 1.82) is 0 Å². The van der Waals surface area contributed by atoms with E-state index in [2.05, 4.69) is 46.1 Å². The van der Waals surface area contributed by atoms with E-state index in [0.29, 0.717) is 12.1 Å². The molecule has 1 amide bonds. The minimum absolute atomic E-state index is 0. The van der Waals surface area contributed by atoms with Crippen LogP contribution in [0.25, 0.3) is 0 Å². The lowest BCUT2D eigenvalue weighted by Crippen LogP contribution is -2.46. The molecule has 2 aliphatic heterocycles. The average molecular weight is 449 g/mol. The number of hydrogen-bond donors (Lipinski definition) is 1. The molecule has 1 fully saturated rings. The molecule has 0 saturated carbocycles. The van der Waals surface area contributed by atoms with Crippen molar-refractivity contribution in [3.63, 3.8) is 0 Å². The SMILES string of the molecule is CCC(C)NC(=NCC(=O)N(C)C)N1CCC(N2CC=CC2)C1.I. The van der Waals surface area contributed by atoms with Gasteiger partial charge >= 0.3 is 0 Å². The van der Waals surface area contributed by atoms with Crippen LogP contribution in [-0.2, 0) is 4.79 Å². The first-order valence-corrected chi connectivity index (χ1v) is 8.66. The van der Waals surface area contributed by atoms with Gasteiger partial charge in [0.25, 0.3) is 0 Å². The highest BCUT2D eigenvalue weighted by molar-refractivity contribution is 14.0. The van der Waals surface area contributed by atoms with E-state index < -0.39 is 0 Å². The topological polar surface area (TPSA) is 51.2 Å². The lowest BCUT2D eigenvalue weighted by molar-refractivity contribution is -0.127. The molecule has 2 rings (SSSR count). The summed E-state index contributed by atoms with van der Waals surface area (Å²) in [5, 5.41) is 3.49. The molecule has 0 aliphatic carbocycles. The summed E-state index contributed by atoms with van der Waals surface area (Å²) in [5.41, 5.74) is 0. The second kappa shape index (κ2) is 10.2. The van der Waals surface area contributed by atoms with E-state index in [9.17, 15) is 4.79 Å². The van der Waals surface area contributed by atoms with Crippen LogP contribution in [0.5, 0.6) is 0 Å². The molecular weight excluding hydrogens is 417 g/mol. The Morgan fingerprint density at radius 3 is 2.62 bits per heavy atom. The maximum atomic E-state index is 11.8. The van der Waals surface area contributed by atoms with E-state index >= 15 is 0 Å². The predicted octanol–water partition coefficient (Wildman–Crippen LogP) is 1.38. The highest BCUT2D eigenvalue weighted by Crippen LogP contribution is 2.18. The van der Waals surface area contributed by atoms with Crippen LogP contribution in [0.2, 0.25) is 0 Å². The third kappa shape index (κ3) is 5.91. The van der Waals surface area contributed by atoms with Gasteiger partial charge in [0.2, 0.25) is 5.91 Å². The highest BCUT2D eigenvalue weighted by Gasteiger charge is 2.30. The summed E-state index contributed by atoms with van der Waals surface area (Å²) >= 11 is 0. The number of carbonyl (C=O) groups excluding carboxylic acids is 1. The second-order valence-electron chi connectivity index (χ2n) is 6.70. The van der Waals surface area contributed by atoms with Crippen LogP contribution in [0.4, 0.5) is 0 Å². The van der Waals surface area contributed by atoms with Gasteiger partial charge in [0.05, 0.1) is 0 Å². The van der Waals surface area contributed by atoms with Crippen molar-refractivity contribution in [1.82, 2.24) is 20.0 Å². The summed E-state index contributed by atoms with van der Waals surface area (Å²) in [6, 6.07) is 0.939. The van der Waals surface area contributed by atoms with Gasteiger partial charge in [0.1, 0.15) is 6.54 Å². The zero-order valence-corrected chi connectivity index (χ0v) is 17.7. The van der Waals surface area contributed by atoms with E-state index in [1.165, 1.54) is 0 Å². The molecule has 1 saturated heterocycles. The molecule has 2 aliphatic rings. The molecule has 2 atom stereocenters. The van der Waals surface area contributed by atoms with Crippen molar-refractivity contribution >= 4 is 35.8 Å². The zero-order chi connectivity index (χ0) is 16.8. The maximum absolute atomic E-state index is 11.8. The molecule has 6 nitrogen and oxygen atoms in total. The number of likely N-dealkylation sites (N-methyl/N-ethyl adjacent to an activating group) is 1. The van der Waals surface area contributed by atoms with Gasteiger partial charge < -0.3 is 15.1 Å². The van der Waals surface area contributed by atoms with Crippen molar-refractivity contribution in [3.05, 3.63) is 12.2 Å². The van der Waals surface area contributed by atoms with Crippen LogP contribution >= 0.6 is 24.0 Å². The highest BCUT2D eigenvalue weighted by atomic mass is 127. The van der Waals surface area contributed by atoms with Crippen molar-refractivity contribution in [2.75, 3.05) is 46.8 Å². The molecule has 0 spiro atoms. The number of hydrogen-bond acceptors (Lipinski definition) is 3. The number of rotatable bonds is 5. The maximum Gasteiger partial charge on any atom is 0.243 e. The van der Waals surface area contributed by atoms with Crippen LogP contribution < -0.4 is 5.32 Å². The number of likely N-dealkylation sites (tertiary alicyclic amines) is 1. The minimum Gasteiger partial charge on any atom is -0.354 e. The number of nitrogens with one attached hydrogen (secondary N) is 1. The fourth-order valence-electron chi connectivity index (χ4n) is 2.87. The van der Waals surface area contributed by atoms with Gasteiger partial charge in [-0.3, -0.25) is 9.69 Å². The Labute approximate surface area is 163 Å². The smallest absolute Gasteiger partial charge is 0.243 e. The van der Waals surface area contributed by atoms with Crippen molar-refractivity contribution in [2.45, 2.75) is 38.8 Å². The van der Waals surface area contributed by atoms with Crippen LogP contribution in [0, 0.1) is 0 Å². The normalized spacial score (nSPS) is 22.4. The Morgan fingerprint density at radius 2 is 2.04 bits per heavy atom. The van der Waals surface area contributed by atoms with Crippen LogP contribution in [0.3, 0.4) is 0 Å². The molecule has 1 N–H and O–H groups in total. The predicted molar refractivity (Wildman–Crippen MR) is 110 cm³/mol. The number of amides is 1. The van der Waals surface area contributed by atoms with Gasteiger partial charge in [-0.25, -0.2) is 4.99 Å². The summed E-state index contributed by atoms with van der Waals surface area (Å²) < 4.78 is 0. The van der Waals surface area contributed by atoms with E-state index in [0.717, 1.165) is 45.0 Å². The molecule has 0 bridgehead atoms. The number of halogens is 1. The van der Waals surface area contributed by atoms with Gasteiger partial charge in [-0.15, -0.1) is 24.0 Å². The Bertz CT molecular complexity index is 458. The summed E-state index contributed by atoms with van der Waals surface area (Å²) in [4.78, 5) is 22.8. The second-order valence-corrected chi connectivity index (χ2v) is 6.70. The lowest BCUT2D eigenvalue weighted by atomic mass is 10.2. The van der Waals surface area contributed by atoms with Crippen molar-refractivity contribution < 1.29 is 4.79 Å². The minimum atomic E-state index is 0. The standard InChI is InChI=1S/C17H31N5O.HI/c1-5-14(2)19-17(18-12-16(23)20(3)4)22-11-8-15(13-22)21-9-6-7-10-21;/h6-7,14-15H,5,8-13H2,1-4H3,(H,18,19);1H. The Kier molecular flexibility index (Phi) is 9.04. The first-order valence-electron chi connectivity index (χ1n) is 8.66. The third-order valence-electron chi connectivity index (χ3n) is 4.68. The largest absolute Gasteiger partial charge is 0.354 e. The first kappa shape index (κ1) is 21.2. The number of carbonyl (C=O) groups is 1. The Morgan fingerprint density at radius 1 is 1.38 bits per heavy atom. The number of guanidine groups is 1. The molecule has 7 heteroatoms. The lowest BCUT2D eigenvalue weighted by Gasteiger charge is -2.27. The van der Waals surface area contributed by atoms with E-state index in [1.807, 2.05) is 0 Å². The van der Waals surface area contributed by atoms with Crippen LogP contribution in [0.15, 0.2) is 17.1 Å². The van der Waals surface area contributed by atoms with Gasteiger partial charge in [-0.1, -0.05) is 19.1 Å². The molecule has 2 unspecified atom stereocenters. The number of nitrogens with zero attached hydrogens (tertiary/aromatic N) is 4. The van der Waals surface area contributed by atoms with Gasteiger partial charge in [-0.05, 0) is 19.8 Å². The summed E-state index contributed by atoms with van der Waals surface area (Å²) in [7, 11) is 3.54. The quantitative estimate of drug-likeness (QED) is 0.298. The van der Waals surface area contributed by atoms with Gasteiger partial charge in [-0.2, -0.15) is 0 Å². The van der Waals surface area contributed by atoms with Crippen LogP contribution in [-0.4, -0.2) is 85.5 Å². The average Bonchev–Trinajstić information content (AvgIpc) is 3.20. The fraction of sp³-hybridized carbons (Fsp3) is 0.765. The Hall–Kier alpha value is -0.830. The van der Waals surface area contributed by atoms with Crippen molar-refractivity contribution in [2.24, 2.45) is 4.99 Å². The Balaban J connectivity index is 0.00000288. The van der Waals surface area contributed by atoms with E-state index in [-0.39, 0.29) is 36.4 Å². The third-order valence-corrected chi connectivity index (χ3v) is 4.68. The van der Waals surface area contributed by atoms with Crippen LogP contribution in [0.1, 0.15) is 26.7 Å². The number of aliphatic imine (C=N–C) groups is 1. The molecule has 0 aromatic carbocycles. The summed E-state index contributed by atoms with van der Waals surface area (Å²) in [5.74, 6) is 0.914. The molecule has 0 aromatic heterocycles. The van der Waals surface area contributed by atoms with E-state index in [1.54, 1.807) is 19.0 Å².